The highest BCUT2D eigenvalue weighted by Gasteiger charge is 2.31. The number of hydrogen-bond acceptors (Lipinski definition) is 4. The van der Waals surface area contributed by atoms with Gasteiger partial charge < -0.3 is 19.5 Å². The molecule has 0 bridgehead atoms. The smallest absolute Gasteiger partial charge is 0.388 e. The van der Waals surface area contributed by atoms with E-state index in [2.05, 4.69) is 4.74 Å². The quantitative estimate of drug-likeness (QED) is 0.719. The molecule has 0 aliphatic carbocycles. The van der Waals surface area contributed by atoms with Crippen LogP contribution in [0.3, 0.4) is 0 Å². The molecule has 1 rings (SSSR count). The fraction of sp³-hybridized carbons (Fsp3) is 1.00. The molecule has 1 fully saturated rings. The summed E-state index contributed by atoms with van der Waals surface area (Å²) in [6.45, 7) is 1.10. The van der Waals surface area contributed by atoms with Gasteiger partial charge in [-0.15, -0.1) is 0 Å². The van der Waals surface area contributed by atoms with Gasteiger partial charge >= 0.3 is 6.18 Å². The van der Waals surface area contributed by atoms with E-state index in [1.165, 1.54) is 0 Å². The second-order valence-corrected chi connectivity index (χ2v) is 5.10. The largest absolute Gasteiger partial charge is 0.411 e. The Labute approximate surface area is 111 Å². The van der Waals surface area contributed by atoms with Crippen molar-refractivity contribution in [2.75, 3.05) is 46.6 Å². The van der Waals surface area contributed by atoms with Crippen LogP contribution in [-0.4, -0.2) is 68.3 Å². The van der Waals surface area contributed by atoms with Crippen molar-refractivity contribution in [3.8, 4) is 0 Å². The first-order valence-electron chi connectivity index (χ1n) is 6.44. The molecule has 0 amide bonds. The van der Waals surface area contributed by atoms with Crippen molar-refractivity contribution >= 4 is 0 Å². The summed E-state index contributed by atoms with van der Waals surface area (Å²) >= 11 is 0. The average Bonchev–Trinajstić information content (AvgIpc) is 2.27. The molecular formula is C12H22F3NO3. The maximum absolute atomic E-state index is 11.8. The van der Waals surface area contributed by atoms with Gasteiger partial charge in [0.25, 0.3) is 0 Å². The van der Waals surface area contributed by atoms with Gasteiger partial charge in [0.05, 0.1) is 5.60 Å². The maximum Gasteiger partial charge on any atom is 0.411 e. The number of rotatable bonds is 7. The molecule has 0 radical (unpaired) electrons. The van der Waals surface area contributed by atoms with Gasteiger partial charge in [0.1, 0.15) is 6.61 Å². The Morgan fingerprint density at radius 3 is 2.53 bits per heavy atom. The highest BCUT2D eigenvalue weighted by Crippen LogP contribution is 2.21. The zero-order chi connectivity index (χ0) is 14.4. The van der Waals surface area contributed by atoms with Crippen molar-refractivity contribution < 1.29 is 27.8 Å². The van der Waals surface area contributed by atoms with E-state index in [1.54, 1.807) is 0 Å². The molecule has 1 saturated heterocycles. The van der Waals surface area contributed by atoms with E-state index in [0.717, 1.165) is 0 Å². The first-order chi connectivity index (χ1) is 8.81. The average molecular weight is 285 g/mol. The Kier molecular flexibility index (Phi) is 6.52. The number of aliphatic hydroxyl groups is 1. The minimum Gasteiger partial charge on any atom is -0.388 e. The molecule has 1 aliphatic heterocycles. The molecule has 4 nitrogen and oxygen atoms in total. The van der Waals surface area contributed by atoms with Crippen LogP contribution >= 0.6 is 0 Å². The van der Waals surface area contributed by atoms with E-state index in [-0.39, 0.29) is 6.61 Å². The van der Waals surface area contributed by atoms with Crippen LogP contribution in [0, 0.1) is 0 Å². The third-order valence-electron chi connectivity index (χ3n) is 3.08. The number of nitrogens with zero attached hydrogens (tertiary/aromatic N) is 1. The highest BCUT2D eigenvalue weighted by atomic mass is 19.4. The molecule has 0 saturated carbocycles. The van der Waals surface area contributed by atoms with Crippen molar-refractivity contribution in [1.82, 2.24) is 4.90 Å². The molecule has 7 heteroatoms. The third kappa shape index (κ3) is 7.71. The Bertz CT molecular complexity index is 255. The van der Waals surface area contributed by atoms with Crippen LogP contribution in [0.4, 0.5) is 13.2 Å². The van der Waals surface area contributed by atoms with Crippen LogP contribution in [0.2, 0.25) is 0 Å². The molecule has 1 heterocycles. The number of halogens is 3. The zero-order valence-electron chi connectivity index (χ0n) is 11.2. The van der Waals surface area contributed by atoms with Gasteiger partial charge in [0, 0.05) is 45.8 Å². The molecule has 0 unspecified atom stereocenters. The van der Waals surface area contributed by atoms with E-state index < -0.39 is 18.4 Å². The fourth-order valence-corrected chi connectivity index (χ4v) is 2.12. The summed E-state index contributed by atoms with van der Waals surface area (Å²) < 4.78 is 45.2. The third-order valence-corrected chi connectivity index (χ3v) is 3.08. The van der Waals surface area contributed by atoms with Crippen LogP contribution in [0.15, 0.2) is 0 Å². The van der Waals surface area contributed by atoms with Gasteiger partial charge in [-0.3, -0.25) is 0 Å². The number of alkyl halides is 3. The molecule has 0 spiro atoms. The maximum atomic E-state index is 11.8. The monoisotopic (exact) mass is 285 g/mol. The molecule has 0 aromatic heterocycles. The van der Waals surface area contributed by atoms with Gasteiger partial charge in [-0.25, -0.2) is 0 Å². The zero-order valence-corrected chi connectivity index (χ0v) is 11.2. The lowest BCUT2D eigenvalue weighted by atomic mass is 9.94. The molecule has 19 heavy (non-hydrogen) atoms. The first kappa shape index (κ1) is 16.7. The van der Waals surface area contributed by atoms with E-state index in [0.29, 0.717) is 45.6 Å². The van der Waals surface area contributed by atoms with Crippen molar-refractivity contribution in [3.05, 3.63) is 0 Å². The second kappa shape index (κ2) is 7.42. The lowest BCUT2D eigenvalue weighted by Gasteiger charge is -2.35. The molecular weight excluding hydrogens is 263 g/mol. The highest BCUT2D eigenvalue weighted by molar-refractivity contribution is 4.83. The van der Waals surface area contributed by atoms with E-state index in [9.17, 15) is 18.3 Å². The lowest BCUT2D eigenvalue weighted by molar-refractivity contribution is -0.174. The summed E-state index contributed by atoms with van der Waals surface area (Å²) in [6.07, 6.45) is -2.55. The summed E-state index contributed by atoms with van der Waals surface area (Å²) in [4.78, 5) is 1.92. The lowest BCUT2D eigenvalue weighted by Crippen LogP contribution is -2.45. The van der Waals surface area contributed by atoms with Gasteiger partial charge in [0.15, 0.2) is 0 Å². The van der Waals surface area contributed by atoms with Gasteiger partial charge in [-0.2, -0.15) is 13.2 Å². The number of ether oxygens (including phenoxy) is 2. The van der Waals surface area contributed by atoms with E-state index >= 15 is 0 Å². The normalized spacial score (nSPS) is 19.9. The standard InChI is InChI=1S/C12H22F3NO3/c1-16(5-2-6-19-10-12(13,14)15)9-11(17)3-7-18-8-4-11/h17H,2-10H2,1H3. The summed E-state index contributed by atoms with van der Waals surface area (Å²) in [6, 6.07) is 0. The molecule has 1 N–H and O–H groups in total. The van der Waals surface area contributed by atoms with Crippen molar-refractivity contribution in [2.45, 2.75) is 31.0 Å². The van der Waals surface area contributed by atoms with Crippen LogP contribution in [0.25, 0.3) is 0 Å². The van der Waals surface area contributed by atoms with Crippen molar-refractivity contribution in [3.63, 3.8) is 0 Å². The Morgan fingerprint density at radius 1 is 1.32 bits per heavy atom. The van der Waals surface area contributed by atoms with E-state index in [1.807, 2.05) is 11.9 Å². The molecule has 0 aromatic carbocycles. The van der Waals surface area contributed by atoms with E-state index in [4.69, 9.17) is 4.74 Å². The molecule has 0 aromatic rings. The topological polar surface area (TPSA) is 41.9 Å². The SMILES string of the molecule is CN(CCCOCC(F)(F)F)CC1(O)CCOCC1. The molecule has 1 aliphatic rings. The van der Waals surface area contributed by atoms with Gasteiger partial charge in [0.2, 0.25) is 0 Å². The van der Waals surface area contributed by atoms with Crippen LogP contribution in [0.5, 0.6) is 0 Å². The molecule has 114 valence electrons. The van der Waals surface area contributed by atoms with Gasteiger partial charge in [-0.1, -0.05) is 0 Å². The fourth-order valence-electron chi connectivity index (χ4n) is 2.12. The number of likely N-dealkylation sites (N-methyl/N-ethyl adjacent to an activating group) is 1. The second-order valence-electron chi connectivity index (χ2n) is 5.10. The summed E-state index contributed by atoms with van der Waals surface area (Å²) in [7, 11) is 1.84. The van der Waals surface area contributed by atoms with Crippen LogP contribution < -0.4 is 0 Å². The van der Waals surface area contributed by atoms with Crippen molar-refractivity contribution in [2.24, 2.45) is 0 Å². The predicted molar refractivity (Wildman–Crippen MR) is 64.0 cm³/mol. The first-order valence-corrected chi connectivity index (χ1v) is 6.44. The van der Waals surface area contributed by atoms with Gasteiger partial charge in [-0.05, 0) is 13.5 Å². The Morgan fingerprint density at radius 2 is 1.95 bits per heavy atom. The minimum atomic E-state index is -4.26. The predicted octanol–water partition coefficient (Wildman–Crippen LogP) is 1.43. The Balaban J connectivity index is 2.09. The van der Waals surface area contributed by atoms with Crippen LogP contribution in [-0.2, 0) is 9.47 Å². The van der Waals surface area contributed by atoms with Crippen molar-refractivity contribution in [1.29, 1.82) is 0 Å². The Hall–Kier alpha value is -0.370. The minimum absolute atomic E-state index is 0.0748. The van der Waals surface area contributed by atoms with Crippen LogP contribution in [0.1, 0.15) is 19.3 Å². The summed E-state index contributed by atoms with van der Waals surface area (Å²) in [5.41, 5.74) is -0.736. The summed E-state index contributed by atoms with van der Waals surface area (Å²) in [5.74, 6) is 0. The summed E-state index contributed by atoms with van der Waals surface area (Å²) in [5, 5.41) is 10.2. The number of hydrogen-bond donors (Lipinski definition) is 1. The molecule has 0 atom stereocenters.